The molecule has 2 N–H and O–H groups in total. The minimum absolute atomic E-state index is 0.00722. The molecule has 9 nitrogen and oxygen atoms in total. The van der Waals surface area contributed by atoms with E-state index in [0.717, 1.165) is 17.4 Å². The van der Waals surface area contributed by atoms with Crippen molar-refractivity contribution < 1.29 is 9.13 Å². The number of anilines is 2. The normalized spacial score (nSPS) is 18.7. The molecule has 10 heteroatoms. The Morgan fingerprint density at radius 2 is 1.85 bits per heavy atom. The fourth-order valence-electron chi connectivity index (χ4n) is 4.30. The van der Waals surface area contributed by atoms with Gasteiger partial charge in [0.1, 0.15) is 17.2 Å². The Hall–Kier alpha value is -3.79. The van der Waals surface area contributed by atoms with Crippen molar-refractivity contribution in [3.8, 4) is 11.3 Å². The summed E-state index contributed by atoms with van der Waals surface area (Å²) in [4.78, 5) is 24.1. The molecule has 0 bridgehead atoms. The zero-order chi connectivity index (χ0) is 23.1. The SMILES string of the molecule is CC1CN(c2c(-c3ccccc3)nc(N)n3c(=O)n(Cc4ccc(F)cn4)nc23)CC(C)O1. The molecule has 4 heterocycles. The Morgan fingerprint density at radius 3 is 2.52 bits per heavy atom. The summed E-state index contributed by atoms with van der Waals surface area (Å²) in [5.41, 5.74) is 8.99. The summed E-state index contributed by atoms with van der Waals surface area (Å²) in [5.74, 6) is -0.398. The average Bonchev–Trinajstić information content (AvgIpc) is 3.11. The zero-order valence-corrected chi connectivity index (χ0v) is 18.3. The van der Waals surface area contributed by atoms with Crippen LogP contribution in [0.1, 0.15) is 19.5 Å². The Bertz CT molecular complexity index is 1340. The number of nitrogens with two attached hydrogens (primary N) is 1. The van der Waals surface area contributed by atoms with E-state index < -0.39 is 11.5 Å². The first-order valence-electron chi connectivity index (χ1n) is 10.8. The smallest absolute Gasteiger partial charge is 0.353 e. The van der Waals surface area contributed by atoms with Gasteiger partial charge in [0.25, 0.3) is 0 Å². The highest BCUT2D eigenvalue weighted by Gasteiger charge is 2.29. The van der Waals surface area contributed by atoms with E-state index in [1.165, 1.54) is 21.2 Å². The second-order valence-corrected chi connectivity index (χ2v) is 8.26. The molecule has 1 aliphatic heterocycles. The maximum atomic E-state index is 13.3. The van der Waals surface area contributed by atoms with Gasteiger partial charge in [-0.05, 0) is 26.0 Å². The number of rotatable bonds is 4. The summed E-state index contributed by atoms with van der Waals surface area (Å²) >= 11 is 0. The number of pyridine rings is 1. The number of hydrogen-bond acceptors (Lipinski definition) is 7. The number of nitrogen functional groups attached to an aromatic ring is 1. The fraction of sp³-hybridized carbons (Fsp3) is 0.304. The molecule has 0 saturated carbocycles. The van der Waals surface area contributed by atoms with Crippen molar-refractivity contribution >= 4 is 17.3 Å². The standard InChI is InChI=1S/C23H24FN7O2/c1-14-11-29(12-15(2)33-14)20-19(16-6-4-3-5-7-16)27-22(25)31-21(20)28-30(23(31)32)13-18-9-8-17(24)10-26-18/h3-10,14-15H,11-13H2,1-2H3,(H2,25,27). The molecule has 33 heavy (non-hydrogen) atoms. The van der Waals surface area contributed by atoms with Gasteiger partial charge in [-0.15, -0.1) is 5.10 Å². The molecule has 4 aromatic rings. The predicted molar refractivity (Wildman–Crippen MR) is 123 cm³/mol. The van der Waals surface area contributed by atoms with Gasteiger partial charge in [-0.1, -0.05) is 30.3 Å². The number of fused-ring (bicyclic) bond motifs is 1. The van der Waals surface area contributed by atoms with Gasteiger partial charge in [0.15, 0.2) is 5.65 Å². The van der Waals surface area contributed by atoms with Gasteiger partial charge in [0.05, 0.1) is 30.6 Å². The first-order valence-corrected chi connectivity index (χ1v) is 10.8. The Labute approximate surface area is 189 Å². The number of hydrogen-bond donors (Lipinski definition) is 1. The number of nitrogens with zero attached hydrogens (tertiary/aromatic N) is 6. The first kappa shape index (κ1) is 21.1. The molecule has 3 aromatic heterocycles. The fourth-order valence-corrected chi connectivity index (χ4v) is 4.30. The summed E-state index contributed by atoms with van der Waals surface area (Å²) in [6.07, 6.45) is 1.10. The van der Waals surface area contributed by atoms with Gasteiger partial charge in [-0.3, -0.25) is 4.98 Å². The van der Waals surface area contributed by atoms with Crippen molar-refractivity contribution in [2.45, 2.75) is 32.6 Å². The van der Waals surface area contributed by atoms with Crippen molar-refractivity contribution in [3.63, 3.8) is 0 Å². The van der Waals surface area contributed by atoms with Crippen LogP contribution >= 0.6 is 0 Å². The highest BCUT2D eigenvalue weighted by Crippen LogP contribution is 2.34. The minimum atomic E-state index is -0.445. The topological polar surface area (TPSA) is 104 Å². The molecular formula is C23H24FN7O2. The predicted octanol–water partition coefficient (Wildman–Crippen LogP) is 2.34. The molecule has 2 atom stereocenters. The van der Waals surface area contributed by atoms with E-state index >= 15 is 0 Å². The molecule has 5 rings (SSSR count). The van der Waals surface area contributed by atoms with Crippen LogP contribution in [0.3, 0.4) is 0 Å². The van der Waals surface area contributed by atoms with Crippen molar-refractivity contribution in [2.75, 3.05) is 23.7 Å². The molecule has 0 spiro atoms. The van der Waals surface area contributed by atoms with Crippen molar-refractivity contribution in [1.82, 2.24) is 24.1 Å². The molecule has 0 amide bonds. The van der Waals surface area contributed by atoms with Crippen LogP contribution in [-0.4, -0.2) is 49.4 Å². The third-order valence-corrected chi connectivity index (χ3v) is 5.61. The van der Waals surface area contributed by atoms with E-state index in [0.29, 0.717) is 30.1 Å². The summed E-state index contributed by atoms with van der Waals surface area (Å²) in [7, 11) is 0. The summed E-state index contributed by atoms with van der Waals surface area (Å²) in [6.45, 7) is 5.34. The van der Waals surface area contributed by atoms with Gasteiger partial charge in [0, 0.05) is 18.7 Å². The number of morpholine rings is 1. The van der Waals surface area contributed by atoms with Gasteiger partial charge in [-0.2, -0.15) is 0 Å². The number of aromatic nitrogens is 5. The summed E-state index contributed by atoms with van der Waals surface area (Å²) in [5, 5.41) is 4.63. The summed E-state index contributed by atoms with van der Waals surface area (Å²) in [6, 6.07) is 12.5. The molecule has 0 aliphatic carbocycles. The van der Waals surface area contributed by atoms with E-state index in [2.05, 4.69) is 20.0 Å². The molecule has 170 valence electrons. The van der Waals surface area contributed by atoms with Crippen molar-refractivity contribution in [1.29, 1.82) is 0 Å². The zero-order valence-electron chi connectivity index (χ0n) is 18.3. The largest absolute Gasteiger partial charge is 0.372 e. The van der Waals surface area contributed by atoms with Crippen LogP contribution in [0.5, 0.6) is 0 Å². The van der Waals surface area contributed by atoms with Crippen LogP contribution in [0.25, 0.3) is 16.9 Å². The lowest BCUT2D eigenvalue weighted by molar-refractivity contribution is -0.00513. The molecular weight excluding hydrogens is 425 g/mol. The lowest BCUT2D eigenvalue weighted by Crippen LogP contribution is -2.46. The molecule has 0 radical (unpaired) electrons. The Morgan fingerprint density at radius 1 is 1.12 bits per heavy atom. The van der Waals surface area contributed by atoms with Crippen LogP contribution < -0.4 is 16.3 Å². The molecule has 2 unspecified atom stereocenters. The highest BCUT2D eigenvalue weighted by molar-refractivity contribution is 5.86. The maximum Gasteiger partial charge on any atom is 0.353 e. The molecule has 1 fully saturated rings. The van der Waals surface area contributed by atoms with Crippen LogP contribution in [0.2, 0.25) is 0 Å². The van der Waals surface area contributed by atoms with E-state index in [4.69, 9.17) is 10.5 Å². The third-order valence-electron chi connectivity index (χ3n) is 5.61. The Balaban J connectivity index is 1.72. The van der Waals surface area contributed by atoms with Crippen LogP contribution in [0, 0.1) is 5.82 Å². The van der Waals surface area contributed by atoms with Crippen LogP contribution in [-0.2, 0) is 11.3 Å². The van der Waals surface area contributed by atoms with Gasteiger partial charge >= 0.3 is 5.69 Å². The Kier molecular flexibility index (Phi) is 5.29. The number of benzene rings is 1. The second kappa shape index (κ2) is 8.28. The summed E-state index contributed by atoms with van der Waals surface area (Å²) < 4.78 is 21.8. The number of ether oxygens (including phenoxy) is 1. The van der Waals surface area contributed by atoms with E-state index in [-0.39, 0.29) is 24.7 Å². The van der Waals surface area contributed by atoms with Crippen molar-refractivity contribution in [2.24, 2.45) is 0 Å². The van der Waals surface area contributed by atoms with Gasteiger partial charge in [0.2, 0.25) is 5.95 Å². The van der Waals surface area contributed by atoms with Crippen molar-refractivity contribution in [3.05, 3.63) is 70.7 Å². The lowest BCUT2D eigenvalue weighted by Gasteiger charge is -2.37. The molecule has 1 aliphatic rings. The van der Waals surface area contributed by atoms with Crippen LogP contribution in [0.15, 0.2) is 53.5 Å². The third kappa shape index (κ3) is 3.93. The quantitative estimate of drug-likeness (QED) is 0.510. The lowest BCUT2D eigenvalue weighted by atomic mass is 10.1. The highest BCUT2D eigenvalue weighted by atomic mass is 19.1. The van der Waals surface area contributed by atoms with Gasteiger partial charge < -0.3 is 15.4 Å². The van der Waals surface area contributed by atoms with E-state index in [1.807, 2.05) is 44.2 Å². The molecule has 1 aromatic carbocycles. The first-order chi connectivity index (χ1) is 15.9. The van der Waals surface area contributed by atoms with Crippen LogP contribution in [0.4, 0.5) is 16.0 Å². The average molecular weight is 449 g/mol. The monoisotopic (exact) mass is 449 g/mol. The maximum absolute atomic E-state index is 13.3. The minimum Gasteiger partial charge on any atom is -0.372 e. The van der Waals surface area contributed by atoms with E-state index in [9.17, 15) is 9.18 Å². The van der Waals surface area contributed by atoms with E-state index in [1.54, 1.807) is 0 Å². The van der Waals surface area contributed by atoms with Gasteiger partial charge in [-0.25, -0.2) is 23.3 Å². The second-order valence-electron chi connectivity index (χ2n) is 8.26. The number of halogens is 1. The molecule has 1 saturated heterocycles.